The van der Waals surface area contributed by atoms with Crippen LogP contribution in [0, 0.1) is 19.7 Å². The lowest BCUT2D eigenvalue weighted by Crippen LogP contribution is -2.38. The van der Waals surface area contributed by atoms with Crippen LogP contribution in [-0.2, 0) is 11.2 Å². The monoisotopic (exact) mass is 410 g/mol. The third-order valence-corrected chi connectivity index (χ3v) is 5.21. The van der Waals surface area contributed by atoms with Crippen LogP contribution in [0.4, 0.5) is 4.39 Å². The Morgan fingerprint density at radius 3 is 2.57 bits per heavy atom. The van der Waals surface area contributed by atoms with Crippen molar-refractivity contribution in [1.29, 1.82) is 0 Å². The zero-order valence-corrected chi connectivity index (χ0v) is 17.0. The molecule has 2 aromatic heterocycles. The zero-order chi connectivity index (χ0) is 21.3. The van der Waals surface area contributed by atoms with Crippen LogP contribution in [0.15, 0.2) is 30.3 Å². The molecule has 1 fully saturated rings. The number of hydrogen-bond acceptors (Lipinski definition) is 5. The number of halogens is 1. The van der Waals surface area contributed by atoms with E-state index in [4.69, 9.17) is 0 Å². The van der Waals surface area contributed by atoms with Crippen molar-refractivity contribution >= 4 is 17.6 Å². The largest absolute Gasteiger partial charge is 0.340 e. The highest BCUT2D eigenvalue weighted by Gasteiger charge is 2.25. The summed E-state index contributed by atoms with van der Waals surface area (Å²) in [5.74, 6) is -0.0730. The molecule has 3 heterocycles. The molecule has 0 unspecified atom stereocenters. The summed E-state index contributed by atoms with van der Waals surface area (Å²) in [5.41, 5.74) is 1.81. The van der Waals surface area contributed by atoms with Gasteiger partial charge in [-0.25, -0.2) is 13.9 Å². The smallest absolute Gasteiger partial charge is 0.256 e. The van der Waals surface area contributed by atoms with Crippen LogP contribution in [0.1, 0.15) is 34.0 Å². The number of hydrogen-bond donors (Lipinski definition) is 0. The average Bonchev–Trinajstić information content (AvgIpc) is 2.95. The number of nitrogens with zero attached hydrogens (tertiary/aromatic N) is 6. The van der Waals surface area contributed by atoms with Crippen LogP contribution in [0.25, 0.3) is 5.78 Å². The molecule has 1 aliphatic heterocycles. The van der Waals surface area contributed by atoms with Crippen molar-refractivity contribution < 1.29 is 14.0 Å². The fraction of sp³-hybridized carbons (Fsp3) is 0.381. The van der Waals surface area contributed by atoms with Crippen molar-refractivity contribution in [3.05, 3.63) is 58.9 Å². The predicted octanol–water partition coefficient (Wildman–Crippen LogP) is 1.80. The standard InChI is InChI=1S/C21H23FN6O2/c1-14-12-15(2)28-21(23-14)24-18(25-28)13-19(29)26-8-5-9-27(11-10-26)20(30)16-6-3-4-7-17(16)22/h3-4,6-7,12H,5,8-11,13H2,1-2H3. The van der Waals surface area contributed by atoms with Crippen molar-refractivity contribution in [3.63, 3.8) is 0 Å². The molecule has 0 saturated carbocycles. The molecular formula is C21H23FN6O2. The quantitative estimate of drug-likeness (QED) is 0.658. The number of rotatable bonds is 3. The van der Waals surface area contributed by atoms with Gasteiger partial charge in [-0.15, -0.1) is 5.10 Å². The number of amides is 2. The Morgan fingerprint density at radius 1 is 1.03 bits per heavy atom. The first kappa shape index (κ1) is 19.9. The van der Waals surface area contributed by atoms with Crippen LogP contribution < -0.4 is 0 Å². The van der Waals surface area contributed by atoms with Crippen molar-refractivity contribution in [1.82, 2.24) is 29.4 Å². The molecule has 1 saturated heterocycles. The molecule has 156 valence electrons. The Morgan fingerprint density at radius 2 is 1.77 bits per heavy atom. The maximum Gasteiger partial charge on any atom is 0.256 e. The van der Waals surface area contributed by atoms with Crippen molar-refractivity contribution in [2.75, 3.05) is 26.2 Å². The van der Waals surface area contributed by atoms with Gasteiger partial charge in [0.2, 0.25) is 5.91 Å². The molecule has 4 rings (SSSR count). The van der Waals surface area contributed by atoms with E-state index in [0.717, 1.165) is 11.4 Å². The Labute approximate surface area is 173 Å². The minimum absolute atomic E-state index is 0.0596. The molecule has 0 aliphatic carbocycles. The van der Waals surface area contributed by atoms with Gasteiger partial charge in [0.1, 0.15) is 5.82 Å². The van der Waals surface area contributed by atoms with E-state index in [1.165, 1.54) is 12.1 Å². The molecule has 0 N–H and O–H groups in total. The summed E-state index contributed by atoms with van der Waals surface area (Å²) in [5, 5.41) is 4.39. The van der Waals surface area contributed by atoms with Crippen LogP contribution in [0.5, 0.6) is 0 Å². The topological polar surface area (TPSA) is 83.7 Å². The lowest BCUT2D eigenvalue weighted by molar-refractivity contribution is -0.130. The molecule has 0 bridgehead atoms. The van der Waals surface area contributed by atoms with Gasteiger partial charge in [0, 0.05) is 37.6 Å². The minimum Gasteiger partial charge on any atom is -0.340 e. The first-order chi connectivity index (χ1) is 14.4. The summed E-state index contributed by atoms with van der Waals surface area (Å²) in [6.45, 7) is 5.56. The number of benzene rings is 1. The Kier molecular flexibility index (Phi) is 5.43. The van der Waals surface area contributed by atoms with Gasteiger partial charge in [-0.1, -0.05) is 12.1 Å². The molecule has 9 heteroatoms. The molecule has 8 nitrogen and oxygen atoms in total. The zero-order valence-electron chi connectivity index (χ0n) is 17.0. The Bertz CT molecular complexity index is 1110. The van der Waals surface area contributed by atoms with E-state index < -0.39 is 5.82 Å². The maximum atomic E-state index is 14.0. The summed E-state index contributed by atoms with van der Waals surface area (Å²) in [7, 11) is 0. The highest BCUT2D eigenvalue weighted by Crippen LogP contribution is 2.13. The van der Waals surface area contributed by atoms with Crippen LogP contribution in [-0.4, -0.2) is 67.4 Å². The third-order valence-electron chi connectivity index (χ3n) is 5.21. The number of carbonyl (C=O) groups is 2. The van der Waals surface area contributed by atoms with E-state index in [0.29, 0.717) is 44.2 Å². The van der Waals surface area contributed by atoms with Crippen molar-refractivity contribution in [3.8, 4) is 0 Å². The second-order valence-corrected chi connectivity index (χ2v) is 7.46. The number of carbonyl (C=O) groups excluding carboxylic acids is 2. The van der Waals surface area contributed by atoms with E-state index in [1.54, 1.807) is 26.4 Å². The predicted molar refractivity (Wildman–Crippen MR) is 107 cm³/mol. The first-order valence-electron chi connectivity index (χ1n) is 9.94. The fourth-order valence-corrected chi connectivity index (χ4v) is 3.70. The molecule has 30 heavy (non-hydrogen) atoms. The van der Waals surface area contributed by atoms with Gasteiger partial charge in [0.15, 0.2) is 5.82 Å². The average molecular weight is 410 g/mol. The molecule has 0 radical (unpaired) electrons. The van der Waals surface area contributed by atoms with Gasteiger partial charge in [-0.05, 0) is 38.5 Å². The van der Waals surface area contributed by atoms with Gasteiger partial charge in [-0.2, -0.15) is 4.98 Å². The van der Waals surface area contributed by atoms with Gasteiger partial charge in [0.05, 0.1) is 12.0 Å². The highest BCUT2D eigenvalue weighted by molar-refractivity contribution is 5.94. The molecular weight excluding hydrogens is 387 g/mol. The lowest BCUT2D eigenvalue weighted by Gasteiger charge is -2.22. The summed E-state index contributed by atoms with van der Waals surface area (Å²) >= 11 is 0. The second kappa shape index (κ2) is 8.17. The minimum atomic E-state index is -0.531. The molecule has 3 aromatic rings. The van der Waals surface area contributed by atoms with Gasteiger partial charge in [0.25, 0.3) is 11.7 Å². The fourth-order valence-electron chi connectivity index (χ4n) is 3.70. The van der Waals surface area contributed by atoms with E-state index in [-0.39, 0.29) is 23.8 Å². The van der Waals surface area contributed by atoms with E-state index in [1.807, 2.05) is 19.9 Å². The lowest BCUT2D eigenvalue weighted by atomic mass is 10.2. The third kappa shape index (κ3) is 4.00. The van der Waals surface area contributed by atoms with Crippen LogP contribution in [0.3, 0.4) is 0 Å². The van der Waals surface area contributed by atoms with Crippen LogP contribution in [0.2, 0.25) is 0 Å². The van der Waals surface area contributed by atoms with Gasteiger partial charge < -0.3 is 9.80 Å². The molecule has 1 aliphatic rings. The first-order valence-corrected chi connectivity index (χ1v) is 9.94. The van der Waals surface area contributed by atoms with E-state index in [2.05, 4.69) is 15.1 Å². The summed E-state index contributed by atoms with van der Waals surface area (Å²) in [6.07, 6.45) is 0.702. The maximum absolute atomic E-state index is 14.0. The normalized spacial score (nSPS) is 14.8. The van der Waals surface area contributed by atoms with E-state index >= 15 is 0 Å². The number of aryl methyl sites for hydroxylation is 2. The molecule has 0 atom stereocenters. The van der Waals surface area contributed by atoms with Crippen molar-refractivity contribution in [2.24, 2.45) is 0 Å². The highest BCUT2D eigenvalue weighted by atomic mass is 19.1. The Balaban J connectivity index is 1.42. The van der Waals surface area contributed by atoms with Crippen molar-refractivity contribution in [2.45, 2.75) is 26.7 Å². The second-order valence-electron chi connectivity index (χ2n) is 7.46. The number of fused-ring (bicyclic) bond motifs is 1. The SMILES string of the molecule is Cc1cc(C)n2nc(CC(=O)N3CCCN(C(=O)c4ccccc4F)CC3)nc2n1. The van der Waals surface area contributed by atoms with Gasteiger partial charge in [-0.3, -0.25) is 9.59 Å². The molecule has 0 spiro atoms. The number of aromatic nitrogens is 4. The summed E-state index contributed by atoms with van der Waals surface area (Å²) in [6, 6.07) is 7.87. The van der Waals surface area contributed by atoms with Crippen LogP contribution >= 0.6 is 0 Å². The summed E-state index contributed by atoms with van der Waals surface area (Å²) < 4.78 is 15.6. The summed E-state index contributed by atoms with van der Waals surface area (Å²) in [4.78, 5) is 37.5. The Hall–Kier alpha value is -3.36. The van der Waals surface area contributed by atoms with E-state index in [9.17, 15) is 14.0 Å². The van der Waals surface area contributed by atoms with Gasteiger partial charge >= 0.3 is 0 Å². The molecule has 1 aromatic carbocycles. The molecule has 2 amide bonds.